The average Bonchev–Trinajstić information content (AvgIpc) is 3.38. The predicted molar refractivity (Wildman–Crippen MR) is 117 cm³/mol. The van der Waals surface area contributed by atoms with Gasteiger partial charge in [0.25, 0.3) is 0 Å². The number of anilines is 1. The molecule has 1 unspecified atom stereocenters. The summed E-state index contributed by atoms with van der Waals surface area (Å²) in [6.45, 7) is 1.95. The lowest BCUT2D eigenvalue weighted by Crippen LogP contribution is -2.19. The fraction of sp³-hybridized carbons (Fsp3) is 0.167. The number of fused-ring (bicyclic) bond motifs is 1. The molecular formula is C24H21FN4O. The van der Waals surface area contributed by atoms with Crippen LogP contribution >= 0.6 is 0 Å². The number of nitrogens with one attached hydrogen (secondary N) is 1. The Labute approximate surface area is 173 Å². The maximum atomic E-state index is 13.6. The first-order valence-corrected chi connectivity index (χ1v) is 9.97. The van der Waals surface area contributed by atoms with E-state index in [0.29, 0.717) is 22.4 Å². The molecule has 0 spiro atoms. The molecule has 6 heteroatoms. The van der Waals surface area contributed by atoms with Gasteiger partial charge in [-0.1, -0.05) is 6.07 Å². The molecule has 2 N–H and O–H groups in total. The zero-order valence-electron chi connectivity index (χ0n) is 16.3. The van der Waals surface area contributed by atoms with E-state index in [1.807, 2.05) is 30.5 Å². The molecule has 1 saturated heterocycles. The zero-order chi connectivity index (χ0) is 20.5. The highest BCUT2D eigenvalue weighted by atomic mass is 19.1. The van der Waals surface area contributed by atoms with Crippen molar-refractivity contribution >= 4 is 28.5 Å². The molecule has 0 amide bonds. The van der Waals surface area contributed by atoms with Gasteiger partial charge in [0, 0.05) is 53.7 Å². The Kier molecular flexibility index (Phi) is 4.67. The number of hydrogen-bond acceptors (Lipinski definition) is 4. The van der Waals surface area contributed by atoms with Gasteiger partial charge in [-0.2, -0.15) is 0 Å². The second-order valence-electron chi connectivity index (χ2n) is 7.54. The highest BCUT2D eigenvalue weighted by Crippen LogP contribution is 2.31. The summed E-state index contributed by atoms with van der Waals surface area (Å²) < 4.78 is 13.6. The minimum atomic E-state index is -0.352. The number of nitrogens with zero attached hydrogens (tertiary/aromatic N) is 3. The van der Waals surface area contributed by atoms with Gasteiger partial charge in [0.05, 0.1) is 11.3 Å². The molecule has 0 aliphatic carbocycles. The van der Waals surface area contributed by atoms with Crippen LogP contribution in [0.5, 0.6) is 5.88 Å². The first kappa shape index (κ1) is 18.4. The summed E-state index contributed by atoms with van der Waals surface area (Å²) in [5.74, 6) is 0.0814. The fourth-order valence-corrected chi connectivity index (χ4v) is 4.04. The van der Waals surface area contributed by atoms with E-state index in [0.717, 1.165) is 36.6 Å². The van der Waals surface area contributed by atoms with Crippen molar-refractivity contribution in [1.82, 2.24) is 9.97 Å². The number of pyridine rings is 1. The van der Waals surface area contributed by atoms with E-state index < -0.39 is 0 Å². The van der Waals surface area contributed by atoms with E-state index in [2.05, 4.69) is 38.1 Å². The van der Waals surface area contributed by atoms with Gasteiger partial charge in [-0.15, -0.1) is 0 Å². The van der Waals surface area contributed by atoms with Crippen molar-refractivity contribution in [1.29, 1.82) is 0 Å². The van der Waals surface area contributed by atoms with Crippen LogP contribution in [0.2, 0.25) is 0 Å². The van der Waals surface area contributed by atoms with E-state index in [4.69, 9.17) is 0 Å². The lowest BCUT2D eigenvalue weighted by atomic mass is 10.0. The lowest BCUT2D eigenvalue weighted by molar-refractivity contribution is 0.457. The molecule has 0 bridgehead atoms. The van der Waals surface area contributed by atoms with Gasteiger partial charge < -0.3 is 15.0 Å². The number of aromatic nitrogens is 2. The van der Waals surface area contributed by atoms with Gasteiger partial charge in [-0.05, 0) is 61.0 Å². The Balaban J connectivity index is 1.31. The normalized spacial score (nSPS) is 16.7. The molecular weight excluding hydrogens is 379 g/mol. The SMILES string of the molecule is Oc1[nH]c2ccc(F)cc2c1C=Nc1ccc(N2CCC(c3ccccn3)C2)cc1. The van der Waals surface area contributed by atoms with Crippen molar-refractivity contribution in [2.75, 3.05) is 18.0 Å². The van der Waals surface area contributed by atoms with Gasteiger partial charge in [0.15, 0.2) is 5.88 Å². The van der Waals surface area contributed by atoms with Gasteiger partial charge in [-0.25, -0.2) is 4.39 Å². The lowest BCUT2D eigenvalue weighted by Gasteiger charge is -2.18. The Morgan fingerprint density at radius 2 is 2.00 bits per heavy atom. The molecule has 1 atom stereocenters. The topological polar surface area (TPSA) is 64.5 Å². The summed E-state index contributed by atoms with van der Waals surface area (Å²) in [5, 5.41) is 10.7. The highest BCUT2D eigenvalue weighted by molar-refractivity contribution is 6.02. The maximum absolute atomic E-state index is 13.6. The van der Waals surface area contributed by atoms with Crippen molar-refractivity contribution in [3.05, 3.63) is 83.9 Å². The van der Waals surface area contributed by atoms with Crippen LogP contribution in [0.4, 0.5) is 15.8 Å². The van der Waals surface area contributed by atoms with Gasteiger partial charge in [-0.3, -0.25) is 9.98 Å². The fourth-order valence-electron chi connectivity index (χ4n) is 4.04. The monoisotopic (exact) mass is 400 g/mol. The van der Waals surface area contributed by atoms with Crippen molar-refractivity contribution < 1.29 is 9.50 Å². The smallest absolute Gasteiger partial charge is 0.198 e. The van der Waals surface area contributed by atoms with Crippen LogP contribution in [0.25, 0.3) is 10.9 Å². The number of aromatic amines is 1. The van der Waals surface area contributed by atoms with Crippen LogP contribution in [0.3, 0.4) is 0 Å². The summed E-state index contributed by atoms with van der Waals surface area (Å²) in [5.41, 5.74) is 4.22. The number of H-pyrrole nitrogens is 1. The Hall–Kier alpha value is -3.67. The first-order valence-electron chi connectivity index (χ1n) is 9.97. The molecule has 2 aromatic heterocycles. The van der Waals surface area contributed by atoms with E-state index >= 15 is 0 Å². The second kappa shape index (κ2) is 7.63. The molecule has 1 aliphatic rings. The molecule has 4 aromatic rings. The van der Waals surface area contributed by atoms with Crippen LogP contribution in [-0.4, -0.2) is 34.4 Å². The van der Waals surface area contributed by atoms with Crippen molar-refractivity contribution in [2.45, 2.75) is 12.3 Å². The molecule has 1 aliphatic heterocycles. The van der Waals surface area contributed by atoms with Crippen LogP contribution in [-0.2, 0) is 0 Å². The van der Waals surface area contributed by atoms with Gasteiger partial charge in [0.1, 0.15) is 5.82 Å². The summed E-state index contributed by atoms with van der Waals surface area (Å²) in [6.07, 6.45) is 4.51. The molecule has 30 heavy (non-hydrogen) atoms. The number of aliphatic imine (C=N–C) groups is 1. The average molecular weight is 400 g/mol. The van der Waals surface area contributed by atoms with Crippen LogP contribution in [0, 0.1) is 5.82 Å². The van der Waals surface area contributed by atoms with Gasteiger partial charge in [0.2, 0.25) is 0 Å². The van der Waals surface area contributed by atoms with Crippen molar-refractivity contribution in [2.24, 2.45) is 4.99 Å². The molecule has 3 heterocycles. The Bertz CT molecular complexity index is 1200. The molecule has 5 rings (SSSR count). The Morgan fingerprint density at radius 3 is 2.80 bits per heavy atom. The summed E-state index contributed by atoms with van der Waals surface area (Å²) in [7, 11) is 0. The molecule has 2 aromatic carbocycles. The van der Waals surface area contributed by atoms with Crippen molar-refractivity contribution in [3.8, 4) is 5.88 Å². The highest BCUT2D eigenvalue weighted by Gasteiger charge is 2.24. The third-order valence-corrected chi connectivity index (χ3v) is 5.63. The maximum Gasteiger partial charge on any atom is 0.198 e. The third kappa shape index (κ3) is 3.52. The summed E-state index contributed by atoms with van der Waals surface area (Å²) >= 11 is 0. The van der Waals surface area contributed by atoms with Crippen LogP contribution < -0.4 is 4.90 Å². The van der Waals surface area contributed by atoms with Crippen LogP contribution in [0.1, 0.15) is 23.6 Å². The molecule has 5 nitrogen and oxygen atoms in total. The quantitative estimate of drug-likeness (QED) is 0.466. The van der Waals surface area contributed by atoms with E-state index in [1.54, 1.807) is 12.3 Å². The Morgan fingerprint density at radius 1 is 1.13 bits per heavy atom. The molecule has 1 fully saturated rings. The number of benzene rings is 2. The molecule has 150 valence electrons. The van der Waals surface area contributed by atoms with E-state index in [1.165, 1.54) is 12.1 Å². The molecule has 0 saturated carbocycles. The standard InChI is InChI=1S/C24H21FN4O/c25-17-4-9-23-20(13-17)21(24(30)28-23)14-27-18-5-7-19(8-6-18)29-12-10-16(15-29)22-3-1-2-11-26-22/h1-9,11,13-14,16,28,30H,10,12,15H2. The number of halogens is 1. The predicted octanol–water partition coefficient (Wildman–Crippen LogP) is 5.15. The van der Waals surface area contributed by atoms with E-state index in [-0.39, 0.29) is 11.7 Å². The van der Waals surface area contributed by atoms with Crippen molar-refractivity contribution in [3.63, 3.8) is 0 Å². The minimum Gasteiger partial charge on any atom is -0.494 e. The van der Waals surface area contributed by atoms with Gasteiger partial charge >= 0.3 is 0 Å². The molecule has 0 radical (unpaired) electrons. The van der Waals surface area contributed by atoms with Crippen LogP contribution in [0.15, 0.2) is 71.9 Å². The first-order chi connectivity index (χ1) is 14.7. The number of aromatic hydroxyl groups is 1. The third-order valence-electron chi connectivity index (χ3n) is 5.63. The largest absolute Gasteiger partial charge is 0.494 e. The minimum absolute atomic E-state index is 0.0198. The summed E-state index contributed by atoms with van der Waals surface area (Å²) in [6, 6.07) is 18.4. The number of hydrogen-bond donors (Lipinski definition) is 2. The summed E-state index contributed by atoms with van der Waals surface area (Å²) in [4.78, 5) is 14.2. The zero-order valence-corrected chi connectivity index (χ0v) is 16.3. The number of rotatable bonds is 4. The second-order valence-corrected chi connectivity index (χ2v) is 7.54. The van der Waals surface area contributed by atoms with E-state index in [9.17, 15) is 9.50 Å².